The normalized spacial score (nSPS) is 18.3. The van der Waals surface area contributed by atoms with Crippen molar-refractivity contribution >= 4 is 23.6 Å². The summed E-state index contributed by atoms with van der Waals surface area (Å²) in [6.45, 7) is 6.31. The summed E-state index contributed by atoms with van der Waals surface area (Å²) in [6, 6.07) is 6.36. The van der Waals surface area contributed by atoms with Gasteiger partial charge < -0.3 is 20.6 Å². The molecule has 1 fully saturated rings. The number of carboxylic acids is 1. The maximum atomic E-state index is 12.5. The van der Waals surface area contributed by atoms with Gasteiger partial charge in [0, 0.05) is 18.8 Å². The summed E-state index contributed by atoms with van der Waals surface area (Å²) in [5.41, 5.74) is 1.76. The Hall–Kier alpha value is -2.57. The third kappa shape index (κ3) is 5.21. The van der Waals surface area contributed by atoms with Crippen LogP contribution in [-0.4, -0.2) is 47.0 Å². The molecule has 7 heteroatoms. The average Bonchev–Trinajstić information content (AvgIpc) is 2.59. The second-order valence-electron chi connectivity index (χ2n) is 7.15. The van der Waals surface area contributed by atoms with Crippen molar-refractivity contribution < 1.29 is 19.5 Å². The van der Waals surface area contributed by atoms with E-state index in [0.29, 0.717) is 25.1 Å². The number of carbonyl (C=O) groups excluding carboxylic acids is 2. The maximum absolute atomic E-state index is 12.5. The number of benzene rings is 1. The average molecular weight is 361 g/mol. The Kier molecular flexibility index (Phi) is 6.60. The largest absolute Gasteiger partial charge is 0.480 e. The molecule has 26 heavy (non-hydrogen) atoms. The molecular formula is C19H27N3O4. The highest BCUT2D eigenvalue weighted by molar-refractivity contribution is 5.90. The van der Waals surface area contributed by atoms with Gasteiger partial charge in [-0.15, -0.1) is 0 Å². The van der Waals surface area contributed by atoms with Crippen LogP contribution in [0.25, 0.3) is 0 Å². The Bertz CT molecular complexity index is 675. The zero-order valence-electron chi connectivity index (χ0n) is 15.5. The van der Waals surface area contributed by atoms with E-state index in [1.54, 1.807) is 18.7 Å². The monoisotopic (exact) mass is 361 g/mol. The van der Waals surface area contributed by atoms with Crippen molar-refractivity contribution in [2.75, 3.05) is 18.4 Å². The highest BCUT2D eigenvalue weighted by Gasteiger charge is 2.32. The maximum Gasteiger partial charge on any atom is 0.326 e. The van der Waals surface area contributed by atoms with Crippen molar-refractivity contribution in [2.45, 2.75) is 39.7 Å². The van der Waals surface area contributed by atoms with E-state index in [2.05, 4.69) is 10.6 Å². The first-order chi connectivity index (χ1) is 12.3. The predicted molar refractivity (Wildman–Crippen MR) is 98.9 cm³/mol. The van der Waals surface area contributed by atoms with Crippen molar-refractivity contribution in [1.82, 2.24) is 10.2 Å². The van der Waals surface area contributed by atoms with Gasteiger partial charge in [-0.1, -0.05) is 26.0 Å². The molecule has 142 valence electrons. The molecule has 1 heterocycles. The number of piperidine rings is 1. The van der Waals surface area contributed by atoms with E-state index in [0.717, 1.165) is 5.56 Å². The molecule has 0 saturated carbocycles. The van der Waals surface area contributed by atoms with Gasteiger partial charge in [-0.2, -0.15) is 0 Å². The quantitative estimate of drug-likeness (QED) is 0.750. The minimum absolute atomic E-state index is 0.208. The highest BCUT2D eigenvalue weighted by atomic mass is 16.4. The Morgan fingerprint density at radius 1 is 1.27 bits per heavy atom. The lowest BCUT2D eigenvalue weighted by molar-refractivity contribution is -0.144. The van der Waals surface area contributed by atoms with Crippen LogP contribution in [0.2, 0.25) is 0 Å². The number of aliphatic carboxylic acids is 1. The Morgan fingerprint density at radius 2 is 2.00 bits per heavy atom. The summed E-state index contributed by atoms with van der Waals surface area (Å²) in [4.78, 5) is 37.8. The fourth-order valence-electron chi connectivity index (χ4n) is 3.09. The van der Waals surface area contributed by atoms with Crippen LogP contribution in [0, 0.1) is 18.8 Å². The minimum Gasteiger partial charge on any atom is -0.480 e. The number of amides is 3. The van der Waals surface area contributed by atoms with Gasteiger partial charge in [0.25, 0.3) is 0 Å². The molecule has 1 aliphatic heterocycles. The second-order valence-corrected chi connectivity index (χ2v) is 7.15. The number of hydrogen-bond donors (Lipinski definition) is 3. The van der Waals surface area contributed by atoms with Crippen molar-refractivity contribution in [3.63, 3.8) is 0 Å². The van der Waals surface area contributed by atoms with E-state index in [4.69, 9.17) is 0 Å². The SMILES string of the molecule is Cc1cccc(NC(=O)N2CCCC(C(=O)N[C@H](C(=O)O)C(C)C)C2)c1. The van der Waals surface area contributed by atoms with Gasteiger partial charge in [0.15, 0.2) is 0 Å². The smallest absolute Gasteiger partial charge is 0.326 e. The summed E-state index contributed by atoms with van der Waals surface area (Å²) >= 11 is 0. The van der Waals surface area contributed by atoms with E-state index in [-0.39, 0.29) is 24.4 Å². The molecule has 2 atom stereocenters. The molecule has 3 amide bonds. The van der Waals surface area contributed by atoms with Gasteiger partial charge in [0.05, 0.1) is 5.92 Å². The lowest BCUT2D eigenvalue weighted by Gasteiger charge is -2.33. The number of urea groups is 1. The summed E-state index contributed by atoms with van der Waals surface area (Å²) in [5.74, 6) is -1.95. The van der Waals surface area contributed by atoms with Crippen molar-refractivity contribution in [2.24, 2.45) is 11.8 Å². The fourth-order valence-corrected chi connectivity index (χ4v) is 3.09. The van der Waals surface area contributed by atoms with Crippen LogP contribution in [0.15, 0.2) is 24.3 Å². The van der Waals surface area contributed by atoms with E-state index in [9.17, 15) is 19.5 Å². The molecule has 1 aliphatic rings. The van der Waals surface area contributed by atoms with Crippen LogP contribution in [-0.2, 0) is 9.59 Å². The Morgan fingerprint density at radius 3 is 2.62 bits per heavy atom. The number of nitrogens with one attached hydrogen (secondary N) is 2. The van der Waals surface area contributed by atoms with Crippen LogP contribution in [0.4, 0.5) is 10.5 Å². The van der Waals surface area contributed by atoms with E-state index in [1.807, 2.05) is 31.2 Å². The molecule has 0 radical (unpaired) electrons. The van der Waals surface area contributed by atoms with E-state index in [1.165, 1.54) is 0 Å². The zero-order chi connectivity index (χ0) is 19.3. The Balaban J connectivity index is 1.96. The minimum atomic E-state index is -1.04. The van der Waals surface area contributed by atoms with Gasteiger partial charge in [-0.3, -0.25) is 4.79 Å². The van der Waals surface area contributed by atoms with Gasteiger partial charge >= 0.3 is 12.0 Å². The highest BCUT2D eigenvalue weighted by Crippen LogP contribution is 2.19. The standard InChI is InChI=1S/C19H27N3O4/c1-12(2)16(18(24)25)21-17(23)14-7-5-9-22(11-14)19(26)20-15-8-4-6-13(3)10-15/h4,6,8,10,12,14,16H,5,7,9,11H2,1-3H3,(H,20,26)(H,21,23)(H,24,25)/t14?,16-/m0/s1. The van der Waals surface area contributed by atoms with Crippen molar-refractivity contribution in [1.29, 1.82) is 0 Å². The van der Waals surface area contributed by atoms with Gasteiger partial charge in [-0.25, -0.2) is 9.59 Å². The molecule has 0 spiro atoms. The van der Waals surface area contributed by atoms with Crippen LogP contribution >= 0.6 is 0 Å². The Labute approximate surface area is 153 Å². The molecular weight excluding hydrogens is 334 g/mol. The third-order valence-electron chi connectivity index (χ3n) is 4.58. The first kappa shape index (κ1) is 19.8. The second kappa shape index (κ2) is 8.69. The van der Waals surface area contributed by atoms with Crippen LogP contribution in [0.3, 0.4) is 0 Å². The number of carbonyl (C=O) groups is 3. The molecule has 1 unspecified atom stereocenters. The summed E-state index contributed by atoms with van der Waals surface area (Å²) in [7, 11) is 0. The van der Waals surface area contributed by atoms with E-state index >= 15 is 0 Å². The lowest BCUT2D eigenvalue weighted by atomic mass is 9.96. The lowest BCUT2D eigenvalue weighted by Crippen LogP contribution is -2.51. The first-order valence-corrected chi connectivity index (χ1v) is 8.93. The summed E-state index contributed by atoms with van der Waals surface area (Å²) in [6.07, 6.45) is 1.35. The molecule has 0 aliphatic carbocycles. The van der Waals surface area contributed by atoms with Crippen LogP contribution in [0.1, 0.15) is 32.3 Å². The fraction of sp³-hybridized carbons (Fsp3) is 0.526. The molecule has 0 aromatic heterocycles. The number of anilines is 1. The van der Waals surface area contributed by atoms with E-state index < -0.39 is 17.9 Å². The van der Waals surface area contributed by atoms with Crippen molar-refractivity contribution in [3.05, 3.63) is 29.8 Å². The molecule has 0 bridgehead atoms. The summed E-state index contributed by atoms with van der Waals surface area (Å²) < 4.78 is 0. The number of carboxylic acid groups (broad SMARTS) is 1. The predicted octanol–water partition coefficient (Wildman–Crippen LogP) is 2.46. The number of likely N-dealkylation sites (tertiary alicyclic amines) is 1. The topological polar surface area (TPSA) is 98.7 Å². The first-order valence-electron chi connectivity index (χ1n) is 8.93. The third-order valence-corrected chi connectivity index (χ3v) is 4.58. The van der Waals surface area contributed by atoms with Crippen LogP contribution in [0.5, 0.6) is 0 Å². The number of nitrogens with zero attached hydrogens (tertiary/aromatic N) is 1. The summed E-state index contributed by atoms with van der Waals surface area (Å²) in [5, 5.41) is 14.7. The van der Waals surface area contributed by atoms with Crippen molar-refractivity contribution in [3.8, 4) is 0 Å². The molecule has 2 rings (SSSR count). The number of aryl methyl sites for hydroxylation is 1. The molecule has 3 N–H and O–H groups in total. The van der Waals surface area contributed by atoms with Gasteiger partial charge in [0.2, 0.25) is 5.91 Å². The number of rotatable bonds is 5. The van der Waals surface area contributed by atoms with Gasteiger partial charge in [0.1, 0.15) is 6.04 Å². The molecule has 1 saturated heterocycles. The number of hydrogen-bond acceptors (Lipinski definition) is 3. The molecule has 1 aromatic carbocycles. The van der Waals surface area contributed by atoms with Crippen LogP contribution < -0.4 is 10.6 Å². The zero-order valence-corrected chi connectivity index (χ0v) is 15.5. The van der Waals surface area contributed by atoms with Gasteiger partial charge in [-0.05, 0) is 43.4 Å². The molecule has 1 aromatic rings. The molecule has 7 nitrogen and oxygen atoms in total.